The Morgan fingerprint density at radius 2 is 1.94 bits per heavy atom. The quantitative estimate of drug-likeness (QED) is 0.638. The summed E-state index contributed by atoms with van der Waals surface area (Å²) in [4.78, 5) is 0. The van der Waals surface area contributed by atoms with Gasteiger partial charge in [-0.25, -0.2) is 0 Å². The molecule has 1 N–H and O–H groups in total. The van der Waals surface area contributed by atoms with Crippen molar-refractivity contribution in [3.63, 3.8) is 0 Å². The molecule has 96 valence electrons. The third-order valence-corrected chi connectivity index (χ3v) is 2.92. The molecule has 1 aliphatic carbocycles. The Labute approximate surface area is 108 Å². The summed E-state index contributed by atoms with van der Waals surface area (Å²) < 4.78 is 11.2. The molecular formula is C15H18O3. The topological polar surface area (TPSA) is 38.7 Å². The van der Waals surface area contributed by atoms with Crippen LogP contribution in [0.4, 0.5) is 0 Å². The number of rotatable bonds is 5. The van der Waals surface area contributed by atoms with Gasteiger partial charge in [0.2, 0.25) is 0 Å². The van der Waals surface area contributed by atoms with Crippen molar-refractivity contribution in [1.29, 1.82) is 0 Å². The molecule has 0 atom stereocenters. The Morgan fingerprint density at radius 3 is 2.56 bits per heavy atom. The van der Waals surface area contributed by atoms with Gasteiger partial charge in [-0.15, -0.1) is 0 Å². The molecular weight excluding hydrogens is 228 g/mol. The molecule has 0 aromatic heterocycles. The summed E-state index contributed by atoms with van der Waals surface area (Å²) in [5.41, 5.74) is 0.877. The lowest BCUT2D eigenvalue weighted by Gasteiger charge is -2.25. The van der Waals surface area contributed by atoms with E-state index in [2.05, 4.69) is 11.8 Å². The van der Waals surface area contributed by atoms with E-state index in [0.717, 1.165) is 11.3 Å². The van der Waals surface area contributed by atoms with Crippen LogP contribution in [0.3, 0.4) is 0 Å². The summed E-state index contributed by atoms with van der Waals surface area (Å²) in [5.74, 6) is 6.27. The minimum atomic E-state index is -0.114. The maximum atomic E-state index is 8.58. The van der Waals surface area contributed by atoms with E-state index in [-0.39, 0.29) is 6.61 Å². The third kappa shape index (κ3) is 4.06. The highest BCUT2D eigenvalue weighted by atomic mass is 16.5. The molecule has 3 heteroatoms. The highest BCUT2D eigenvalue weighted by molar-refractivity contribution is 5.38. The van der Waals surface area contributed by atoms with Crippen LogP contribution in [-0.4, -0.2) is 31.0 Å². The Hall–Kier alpha value is -1.50. The molecule has 0 spiro atoms. The first-order chi connectivity index (χ1) is 8.88. The number of aliphatic hydroxyl groups is 1. The predicted octanol–water partition coefficient (Wildman–Crippen LogP) is 1.98. The standard InChI is InChI=1S/C15H18O3/c16-10-2-3-13-6-8-15(9-7-13)18-12-11-17-14-4-1-5-14/h6-9,14,16H,1,4-5,10-12H2. The van der Waals surface area contributed by atoms with E-state index in [1.807, 2.05) is 24.3 Å². The fraction of sp³-hybridized carbons (Fsp3) is 0.467. The maximum absolute atomic E-state index is 8.58. The summed E-state index contributed by atoms with van der Waals surface area (Å²) in [6.45, 7) is 1.12. The number of aliphatic hydroxyl groups excluding tert-OH is 1. The highest BCUT2D eigenvalue weighted by Gasteiger charge is 2.17. The molecule has 18 heavy (non-hydrogen) atoms. The van der Waals surface area contributed by atoms with Gasteiger partial charge in [-0.3, -0.25) is 0 Å². The molecule has 1 aromatic carbocycles. The van der Waals surface area contributed by atoms with Crippen molar-refractivity contribution in [3.05, 3.63) is 29.8 Å². The van der Waals surface area contributed by atoms with Crippen LogP contribution < -0.4 is 4.74 Å². The van der Waals surface area contributed by atoms with E-state index in [9.17, 15) is 0 Å². The largest absolute Gasteiger partial charge is 0.491 e. The van der Waals surface area contributed by atoms with Crippen LogP contribution in [0.5, 0.6) is 5.75 Å². The lowest BCUT2D eigenvalue weighted by atomic mass is 9.96. The number of hydrogen-bond donors (Lipinski definition) is 1. The second kappa shape index (κ2) is 7.05. The molecule has 2 rings (SSSR count). The summed E-state index contributed by atoms with van der Waals surface area (Å²) in [5, 5.41) is 8.58. The summed E-state index contributed by atoms with van der Waals surface area (Å²) in [6, 6.07) is 7.52. The van der Waals surface area contributed by atoms with Gasteiger partial charge in [-0.05, 0) is 43.5 Å². The highest BCUT2D eigenvalue weighted by Crippen LogP contribution is 2.21. The Balaban J connectivity index is 1.68. The molecule has 1 aliphatic rings. The maximum Gasteiger partial charge on any atom is 0.119 e. The Kier molecular flexibility index (Phi) is 5.07. The van der Waals surface area contributed by atoms with Crippen LogP contribution in [-0.2, 0) is 4.74 Å². The zero-order valence-corrected chi connectivity index (χ0v) is 10.4. The van der Waals surface area contributed by atoms with E-state index < -0.39 is 0 Å². The van der Waals surface area contributed by atoms with Gasteiger partial charge < -0.3 is 14.6 Å². The normalized spacial score (nSPS) is 14.5. The van der Waals surface area contributed by atoms with Gasteiger partial charge in [-0.1, -0.05) is 11.8 Å². The Morgan fingerprint density at radius 1 is 1.17 bits per heavy atom. The van der Waals surface area contributed by atoms with Crippen LogP contribution >= 0.6 is 0 Å². The molecule has 0 bridgehead atoms. The van der Waals surface area contributed by atoms with Gasteiger partial charge in [0, 0.05) is 5.56 Å². The lowest BCUT2D eigenvalue weighted by Crippen LogP contribution is -2.23. The molecule has 1 aromatic rings. The summed E-state index contributed by atoms with van der Waals surface area (Å²) >= 11 is 0. The van der Waals surface area contributed by atoms with Gasteiger partial charge in [0.15, 0.2) is 0 Å². The molecule has 0 heterocycles. The molecule has 0 unspecified atom stereocenters. The predicted molar refractivity (Wildman–Crippen MR) is 69.5 cm³/mol. The fourth-order valence-electron chi connectivity index (χ4n) is 1.69. The average Bonchev–Trinajstić information content (AvgIpc) is 2.35. The molecule has 0 amide bonds. The zero-order valence-electron chi connectivity index (χ0n) is 10.4. The second-order valence-electron chi connectivity index (χ2n) is 4.26. The van der Waals surface area contributed by atoms with Gasteiger partial charge in [0.1, 0.15) is 19.0 Å². The van der Waals surface area contributed by atoms with Crippen LogP contribution in [0.15, 0.2) is 24.3 Å². The van der Waals surface area contributed by atoms with E-state index in [1.54, 1.807) is 0 Å². The second-order valence-corrected chi connectivity index (χ2v) is 4.26. The monoisotopic (exact) mass is 246 g/mol. The van der Waals surface area contributed by atoms with Crippen molar-refractivity contribution in [1.82, 2.24) is 0 Å². The average molecular weight is 246 g/mol. The van der Waals surface area contributed by atoms with Crippen LogP contribution in [0.25, 0.3) is 0 Å². The summed E-state index contributed by atoms with van der Waals surface area (Å²) in [6.07, 6.45) is 4.14. The van der Waals surface area contributed by atoms with Gasteiger partial charge >= 0.3 is 0 Å². The molecule has 0 aliphatic heterocycles. The van der Waals surface area contributed by atoms with Gasteiger partial charge in [0.25, 0.3) is 0 Å². The summed E-state index contributed by atoms with van der Waals surface area (Å²) in [7, 11) is 0. The van der Waals surface area contributed by atoms with Gasteiger partial charge in [-0.2, -0.15) is 0 Å². The van der Waals surface area contributed by atoms with Crippen molar-refractivity contribution < 1.29 is 14.6 Å². The van der Waals surface area contributed by atoms with E-state index in [1.165, 1.54) is 19.3 Å². The van der Waals surface area contributed by atoms with Crippen LogP contribution in [0.2, 0.25) is 0 Å². The number of ether oxygens (including phenoxy) is 2. The Bertz CT molecular complexity index is 410. The number of benzene rings is 1. The van der Waals surface area contributed by atoms with Gasteiger partial charge in [0.05, 0.1) is 12.7 Å². The third-order valence-electron chi connectivity index (χ3n) is 2.92. The smallest absolute Gasteiger partial charge is 0.119 e. The fourth-order valence-corrected chi connectivity index (χ4v) is 1.69. The van der Waals surface area contributed by atoms with E-state index in [0.29, 0.717) is 19.3 Å². The first-order valence-electron chi connectivity index (χ1n) is 6.32. The minimum Gasteiger partial charge on any atom is -0.491 e. The SMILES string of the molecule is OCC#Cc1ccc(OCCOC2CCC2)cc1. The van der Waals surface area contributed by atoms with Crippen molar-refractivity contribution in [2.75, 3.05) is 19.8 Å². The van der Waals surface area contributed by atoms with Crippen LogP contribution in [0, 0.1) is 11.8 Å². The minimum absolute atomic E-state index is 0.114. The molecule has 0 radical (unpaired) electrons. The van der Waals surface area contributed by atoms with Crippen molar-refractivity contribution in [2.45, 2.75) is 25.4 Å². The zero-order chi connectivity index (χ0) is 12.6. The van der Waals surface area contributed by atoms with Crippen LogP contribution in [0.1, 0.15) is 24.8 Å². The lowest BCUT2D eigenvalue weighted by molar-refractivity contribution is -0.0103. The first kappa shape index (κ1) is 12.9. The van der Waals surface area contributed by atoms with E-state index in [4.69, 9.17) is 14.6 Å². The van der Waals surface area contributed by atoms with Crippen molar-refractivity contribution in [3.8, 4) is 17.6 Å². The molecule has 1 fully saturated rings. The molecule has 3 nitrogen and oxygen atoms in total. The number of hydrogen-bond acceptors (Lipinski definition) is 3. The molecule has 0 saturated heterocycles. The van der Waals surface area contributed by atoms with Crippen molar-refractivity contribution in [2.24, 2.45) is 0 Å². The van der Waals surface area contributed by atoms with E-state index >= 15 is 0 Å². The first-order valence-corrected chi connectivity index (χ1v) is 6.32. The molecule has 1 saturated carbocycles. The van der Waals surface area contributed by atoms with Crippen molar-refractivity contribution >= 4 is 0 Å².